The Balaban J connectivity index is 1.97. The highest BCUT2D eigenvalue weighted by Gasteiger charge is 2.30. The highest BCUT2D eigenvalue weighted by molar-refractivity contribution is 5.86. The minimum absolute atomic E-state index is 0.110. The van der Waals surface area contributed by atoms with E-state index in [4.69, 9.17) is 0 Å². The lowest BCUT2D eigenvalue weighted by atomic mass is 9.90. The van der Waals surface area contributed by atoms with E-state index in [0.29, 0.717) is 12.2 Å². The number of anilines is 1. The van der Waals surface area contributed by atoms with Gasteiger partial charge in [0.2, 0.25) is 0 Å². The topological polar surface area (TPSA) is 33.2 Å². The fraction of sp³-hybridized carbons (Fsp3) is 0.375. The summed E-state index contributed by atoms with van der Waals surface area (Å²) in [5.41, 5.74) is 2.20. The minimum atomic E-state index is 0.110. The Hall–Kier alpha value is -1.90. The number of hydrogen-bond acceptors (Lipinski definition) is 3. The van der Waals surface area contributed by atoms with Gasteiger partial charge in [0.25, 0.3) is 0 Å². The van der Waals surface area contributed by atoms with Gasteiger partial charge in [-0.3, -0.25) is 9.78 Å². The van der Waals surface area contributed by atoms with Gasteiger partial charge in [0.05, 0.1) is 5.52 Å². The number of rotatable bonds is 1. The van der Waals surface area contributed by atoms with Gasteiger partial charge < -0.3 is 4.90 Å². The Morgan fingerprint density at radius 2 is 2.11 bits per heavy atom. The number of Topliss-reactive ketones (excluding diaryl/α,β-unsaturated/α-hetero) is 1. The average molecular weight is 254 g/mol. The van der Waals surface area contributed by atoms with Gasteiger partial charge in [-0.1, -0.05) is 13.0 Å². The number of pyridine rings is 1. The smallest absolute Gasteiger partial charge is 0.139 e. The van der Waals surface area contributed by atoms with Gasteiger partial charge in [-0.2, -0.15) is 0 Å². The predicted octanol–water partition coefficient (Wildman–Crippen LogP) is 3.04. The first-order valence-corrected chi connectivity index (χ1v) is 6.81. The maximum Gasteiger partial charge on any atom is 0.139 e. The first-order chi connectivity index (χ1) is 9.16. The fourth-order valence-corrected chi connectivity index (χ4v) is 2.81. The standard InChI is InChI=1S/C16H18N2O/c1-11-12(2)18(9-7-16(11)19)14-5-6-15-13(10-14)4-3-8-17-15/h3-6,8,10-12H,7,9H2,1-2H3. The van der Waals surface area contributed by atoms with Crippen LogP contribution in [0.15, 0.2) is 36.5 Å². The van der Waals surface area contributed by atoms with Crippen molar-refractivity contribution in [1.29, 1.82) is 0 Å². The number of carbonyl (C=O) groups excluding carboxylic acids is 1. The molecule has 0 radical (unpaired) electrons. The van der Waals surface area contributed by atoms with Crippen LogP contribution in [0.2, 0.25) is 0 Å². The molecule has 98 valence electrons. The lowest BCUT2D eigenvalue weighted by Crippen LogP contribution is -2.46. The molecule has 1 aromatic carbocycles. The van der Waals surface area contributed by atoms with E-state index < -0.39 is 0 Å². The van der Waals surface area contributed by atoms with Gasteiger partial charge in [0, 0.05) is 42.2 Å². The highest BCUT2D eigenvalue weighted by atomic mass is 16.1. The van der Waals surface area contributed by atoms with Gasteiger partial charge >= 0.3 is 0 Å². The number of fused-ring (bicyclic) bond motifs is 1. The van der Waals surface area contributed by atoms with Crippen LogP contribution in [0.4, 0.5) is 5.69 Å². The molecule has 19 heavy (non-hydrogen) atoms. The van der Waals surface area contributed by atoms with E-state index in [-0.39, 0.29) is 12.0 Å². The van der Waals surface area contributed by atoms with E-state index in [9.17, 15) is 4.79 Å². The van der Waals surface area contributed by atoms with Crippen molar-refractivity contribution >= 4 is 22.4 Å². The Bertz CT molecular complexity index is 623. The molecule has 1 aliphatic heterocycles. The van der Waals surface area contributed by atoms with Crippen molar-refractivity contribution in [3.63, 3.8) is 0 Å². The highest BCUT2D eigenvalue weighted by Crippen LogP contribution is 2.28. The summed E-state index contributed by atoms with van der Waals surface area (Å²) in [4.78, 5) is 18.4. The second kappa shape index (κ2) is 4.65. The molecule has 0 spiro atoms. The summed E-state index contributed by atoms with van der Waals surface area (Å²) >= 11 is 0. The zero-order valence-corrected chi connectivity index (χ0v) is 11.3. The van der Waals surface area contributed by atoms with Crippen molar-refractivity contribution in [2.45, 2.75) is 26.3 Å². The number of aromatic nitrogens is 1. The largest absolute Gasteiger partial charge is 0.368 e. The van der Waals surface area contributed by atoms with E-state index >= 15 is 0 Å². The number of hydrogen-bond donors (Lipinski definition) is 0. The van der Waals surface area contributed by atoms with Crippen LogP contribution in [-0.2, 0) is 4.79 Å². The Morgan fingerprint density at radius 3 is 2.95 bits per heavy atom. The van der Waals surface area contributed by atoms with Crippen LogP contribution in [0.3, 0.4) is 0 Å². The molecule has 1 aromatic heterocycles. The van der Waals surface area contributed by atoms with Crippen molar-refractivity contribution in [3.05, 3.63) is 36.5 Å². The lowest BCUT2D eigenvalue weighted by Gasteiger charge is -2.38. The molecule has 2 atom stereocenters. The first kappa shape index (κ1) is 12.2. The third-order valence-electron chi connectivity index (χ3n) is 4.24. The summed E-state index contributed by atoms with van der Waals surface area (Å²) in [6.45, 7) is 4.98. The monoisotopic (exact) mass is 254 g/mol. The Kier molecular flexibility index (Phi) is 2.97. The van der Waals surface area contributed by atoms with Crippen LogP contribution in [0.1, 0.15) is 20.3 Å². The maximum absolute atomic E-state index is 11.8. The molecular formula is C16H18N2O. The maximum atomic E-state index is 11.8. The van der Waals surface area contributed by atoms with Gasteiger partial charge in [0.15, 0.2) is 0 Å². The third-order valence-corrected chi connectivity index (χ3v) is 4.24. The Labute approximate surface area is 113 Å². The van der Waals surface area contributed by atoms with E-state index in [0.717, 1.165) is 17.4 Å². The average Bonchev–Trinajstić information content (AvgIpc) is 2.44. The minimum Gasteiger partial charge on any atom is -0.368 e. The zero-order chi connectivity index (χ0) is 13.4. The van der Waals surface area contributed by atoms with Crippen LogP contribution in [0.25, 0.3) is 10.9 Å². The molecule has 1 saturated heterocycles. The van der Waals surface area contributed by atoms with E-state index in [2.05, 4.69) is 41.1 Å². The molecule has 2 unspecified atom stereocenters. The second-order valence-corrected chi connectivity index (χ2v) is 5.32. The molecule has 3 nitrogen and oxygen atoms in total. The predicted molar refractivity (Wildman–Crippen MR) is 77.3 cm³/mol. The fourth-order valence-electron chi connectivity index (χ4n) is 2.81. The normalized spacial score (nSPS) is 23.9. The van der Waals surface area contributed by atoms with Crippen molar-refractivity contribution in [2.75, 3.05) is 11.4 Å². The van der Waals surface area contributed by atoms with Crippen LogP contribution < -0.4 is 4.90 Å². The number of benzene rings is 1. The molecule has 0 aliphatic carbocycles. The van der Waals surface area contributed by atoms with Crippen molar-refractivity contribution in [2.24, 2.45) is 5.92 Å². The van der Waals surface area contributed by atoms with Gasteiger partial charge in [-0.05, 0) is 31.2 Å². The van der Waals surface area contributed by atoms with Crippen LogP contribution in [-0.4, -0.2) is 23.4 Å². The SMILES string of the molecule is CC1C(=O)CCN(c2ccc3ncccc3c2)C1C. The molecule has 1 aliphatic rings. The summed E-state index contributed by atoms with van der Waals surface area (Å²) < 4.78 is 0. The molecule has 0 saturated carbocycles. The van der Waals surface area contributed by atoms with E-state index in [1.165, 1.54) is 5.69 Å². The summed E-state index contributed by atoms with van der Waals surface area (Å²) in [6.07, 6.45) is 2.46. The van der Waals surface area contributed by atoms with Crippen molar-refractivity contribution in [1.82, 2.24) is 4.98 Å². The zero-order valence-electron chi connectivity index (χ0n) is 11.3. The molecular weight excluding hydrogens is 236 g/mol. The molecule has 2 heterocycles. The van der Waals surface area contributed by atoms with Gasteiger partial charge in [-0.25, -0.2) is 0 Å². The lowest BCUT2D eigenvalue weighted by molar-refractivity contribution is -0.123. The molecule has 2 aromatic rings. The first-order valence-electron chi connectivity index (χ1n) is 6.81. The van der Waals surface area contributed by atoms with Gasteiger partial charge in [-0.15, -0.1) is 0 Å². The quantitative estimate of drug-likeness (QED) is 0.784. The molecule has 3 rings (SSSR count). The van der Waals surface area contributed by atoms with Crippen LogP contribution in [0, 0.1) is 5.92 Å². The second-order valence-electron chi connectivity index (χ2n) is 5.32. The molecule has 0 N–H and O–H groups in total. The summed E-state index contributed by atoms with van der Waals surface area (Å²) in [7, 11) is 0. The summed E-state index contributed by atoms with van der Waals surface area (Å²) in [5, 5.41) is 1.15. The van der Waals surface area contributed by atoms with Crippen LogP contribution >= 0.6 is 0 Å². The van der Waals surface area contributed by atoms with Crippen molar-refractivity contribution < 1.29 is 4.79 Å². The Morgan fingerprint density at radius 1 is 1.26 bits per heavy atom. The molecule has 3 heteroatoms. The number of piperidine rings is 1. The van der Waals surface area contributed by atoms with Crippen LogP contribution in [0.5, 0.6) is 0 Å². The van der Waals surface area contributed by atoms with E-state index in [1.54, 1.807) is 0 Å². The number of nitrogens with zero attached hydrogens (tertiary/aromatic N) is 2. The summed E-state index contributed by atoms with van der Waals surface area (Å²) in [6, 6.07) is 10.6. The van der Waals surface area contributed by atoms with Crippen molar-refractivity contribution in [3.8, 4) is 0 Å². The van der Waals surface area contributed by atoms with E-state index in [1.807, 2.05) is 19.2 Å². The third kappa shape index (κ3) is 2.09. The molecule has 0 bridgehead atoms. The molecule has 0 amide bonds. The number of carbonyl (C=O) groups is 1. The van der Waals surface area contributed by atoms with Gasteiger partial charge in [0.1, 0.15) is 5.78 Å². The molecule has 1 fully saturated rings. The summed E-state index contributed by atoms with van der Waals surface area (Å²) in [5.74, 6) is 0.490. The number of ketones is 1.